The van der Waals surface area contributed by atoms with Crippen molar-refractivity contribution in [3.05, 3.63) is 82.4 Å². The number of allylic oxidation sites excluding steroid dienone is 4. The van der Waals surface area contributed by atoms with Gasteiger partial charge in [0.05, 0.1) is 28.1 Å². The predicted molar refractivity (Wildman–Crippen MR) is 113 cm³/mol. The first-order valence-electron chi connectivity index (χ1n) is 9.75. The van der Waals surface area contributed by atoms with Crippen LogP contribution in [0.2, 0.25) is 5.02 Å². The largest absolute Gasteiger partial charge is 0.478 e. The van der Waals surface area contributed by atoms with Crippen molar-refractivity contribution in [1.29, 1.82) is 0 Å². The fourth-order valence-electron chi connectivity index (χ4n) is 5.19. The first-order chi connectivity index (χ1) is 14.4. The fraction of sp³-hybridized carbons (Fsp3) is 0.208. The zero-order valence-corrected chi connectivity index (χ0v) is 16.8. The van der Waals surface area contributed by atoms with E-state index in [1.165, 1.54) is 18.2 Å². The highest BCUT2D eigenvalue weighted by Gasteiger charge is 2.62. The van der Waals surface area contributed by atoms with Crippen LogP contribution in [0.25, 0.3) is 5.57 Å². The van der Waals surface area contributed by atoms with Gasteiger partial charge in [0.2, 0.25) is 11.8 Å². The zero-order valence-electron chi connectivity index (χ0n) is 16.1. The Kier molecular flexibility index (Phi) is 4.19. The Labute approximate surface area is 178 Å². The van der Waals surface area contributed by atoms with E-state index in [9.17, 15) is 19.5 Å². The van der Waals surface area contributed by atoms with E-state index in [4.69, 9.17) is 11.6 Å². The summed E-state index contributed by atoms with van der Waals surface area (Å²) in [7, 11) is 0. The Balaban J connectivity index is 1.54. The molecular weight excluding hydrogens is 402 g/mol. The molecule has 2 amide bonds. The molecule has 6 heteroatoms. The third kappa shape index (κ3) is 2.52. The number of hydrogen-bond donors (Lipinski definition) is 1. The van der Waals surface area contributed by atoms with Crippen molar-refractivity contribution in [2.45, 2.75) is 6.92 Å². The number of amides is 2. The van der Waals surface area contributed by atoms with Crippen molar-refractivity contribution in [3.63, 3.8) is 0 Å². The van der Waals surface area contributed by atoms with E-state index in [0.29, 0.717) is 0 Å². The van der Waals surface area contributed by atoms with Gasteiger partial charge < -0.3 is 5.11 Å². The van der Waals surface area contributed by atoms with Gasteiger partial charge in [-0.3, -0.25) is 9.59 Å². The van der Waals surface area contributed by atoms with Gasteiger partial charge in [-0.05, 0) is 36.3 Å². The Morgan fingerprint density at radius 1 is 0.967 bits per heavy atom. The molecule has 2 aromatic carbocycles. The monoisotopic (exact) mass is 419 g/mol. The molecule has 2 bridgehead atoms. The van der Waals surface area contributed by atoms with Crippen molar-refractivity contribution in [2.24, 2.45) is 23.7 Å². The summed E-state index contributed by atoms with van der Waals surface area (Å²) < 4.78 is 0. The number of aromatic carboxylic acids is 1. The van der Waals surface area contributed by atoms with Crippen LogP contribution in [-0.2, 0) is 9.59 Å². The number of fused-ring (bicyclic) bond motifs is 5. The van der Waals surface area contributed by atoms with Gasteiger partial charge in [0.25, 0.3) is 0 Å². The Bertz CT molecular complexity index is 1130. The summed E-state index contributed by atoms with van der Waals surface area (Å²) in [6.45, 7) is 2.05. The minimum Gasteiger partial charge on any atom is -0.478 e. The standard InChI is InChI=1S/C24H18ClNO4/c1-12(13-5-3-2-4-6-13)19-15-8-9-16(19)21-20(15)22(27)26(23(21)28)14-7-10-18(25)17(11-14)24(29)30/h2-11,15-16,20-21H,1H3,(H,29,30)/t15-,16-,20-,21+/m1/s1. The lowest BCUT2D eigenvalue weighted by atomic mass is 9.85. The van der Waals surface area contributed by atoms with Crippen molar-refractivity contribution < 1.29 is 19.5 Å². The van der Waals surface area contributed by atoms with Crippen molar-refractivity contribution in [1.82, 2.24) is 0 Å². The first-order valence-corrected chi connectivity index (χ1v) is 10.1. The second-order valence-corrected chi connectivity index (χ2v) is 8.32. The minimum absolute atomic E-state index is 0.0657. The topological polar surface area (TPSA) is 74.7 Å². The van der Waals surface area contributed by atoms with Crippen LogP contribution in [0.15, 0.2) is 66.3 Å². The van der Waals surface area contributed by atoms with Gasteiger partial charge in [0.15, 0.2) is 0 Å². The molecule has 30 heavy (non-hydrogen) atoms. The van der Waals surface area contributed by atoms with E-state index in [1.807, 2.05) is 49.4 Å². The highest BCUT2D eigenvalue weighted by atomic mass is 35.5. The highest BCUT2D eigenvalue weighted by Crippen LogP contribution is 2.58. The summed E-state index contributed by atoms with van der Waals surface area (Å²) in [6.07, 6.45) is 4.07. The van der Waals surface area contributed by atoms with E-state index in [0.717, 1.165) is 21.6 Å². The van der Waals surface area contributed by atoms with Crippen LogP contribution in [0.3, 0.4) is 0 Å². The summed E-state index contributed by atoms with van der Waals surface area (Å²) >= 11 is 5.95. The molecule has 3 aliphatic rings. The molecular formula is C24H18ClNO4. The molecule has 5 nitrogen and oxygen atoms in total. The molecule has 0 aromatic heterocycles. The molecule has 4 atom stereocenters. The van der Waals surface area contributed by atoms with E-state index in [1.54, 1.807) is 0 Å². The summed E-state index contributed by atoms with van der Waals surface area (Å²) in [4.78, 5) is 39.2. The highest BCUT2D eigenvalue weighted by molar-refractivity contribution is 6.34. The average molecular weight is 420 g/mol. The molecule has 0 spiro atoms. The van der Waals surface area contributed by atoms with Crippen molar-refractivity contribution >= 4 is 40.6 Å². The maximum Gasteiger partial charge on any atom is 0.337 e. The van der Waals surface area contributed by atoms with Gasteiger partial charge in [-0.15, -0.1) is 0 Å². The fourth-order valence-corrected chi connectivity index (χ4v) is 5.39. The molecule has 2 fully saturated rings. The molecule has 5 rings (SSSR count). The number of rotatable bonds is 3. The lowest BCUT2D eigenvalue weighted by Gasteiger charge is -2.20. The molecule has 0 radical (unpaired) electrons. The number of carboxylic acids is 1. The molecule has 1 saturated heterocycles. The Morgan fingerprint density at radius 2 is 1.57 bits per heavy atom. The van der Waals surface area contributed by atoms with Crippen molar-refractivity contribution in [2.75, 3.05) is 4.90 Å². The predicted octanol–water partition coefficient (Wildman–Crippen LogP) is 4.43. The second kappa shape index (κ2) is 6.67. The second-order valence-electron chi connectivity index (χ2n) is 7.92. The molecule has 1 aliphatic heterocycles. The number of hydrogen-bond acceptors (Lipinski definition) is 3. The van der Waals surface area contributed by atoms with Crippen LogP contribution in [-0.4, -0.2) is 22.9 Å². The van der Waals surface area contributed by atoms with Gasteiger partial charge in [-0.25, -0.2) is 9.69 Å². The number of carboxylic acid groups (broad SMARTS) is 1. The molecule has 1 heterocycles. The number of halogens is 1. The minimum atomic E-state index is -1.20. The lowest BCUT2D eigenvalue weighted by molar-refractivity contribution is -0.122. The van der Waals surface area contributed by atoms with Gasteiger partial charge in [-0.2, -0.15) is 0 Å². The summed E-state index contributed by atoms with van der Waals surface area (Å²) in [5, 5.41) is 9.40. The van der Waals surface area contributed by atoms with Crippen LogP contribution < -0.4 is 4.90 Å². The number of benzene rings is 2. The van der Waals surface area contributed by atoms with Crippen LogP contribution in [0.1, 0.15) is 22.8 Å². The van der Waals surface area contributed by atoms with E-state index in [-0.39, 0.29) is 39.9 Å². The van der Waals surface area contributed by atoms with Crippen LogP contribution in [0.4, 0.5) is 5.69 Å². The van der Waals surface area contributed by atoms with Gasteiger partial charge in [0, 0.05) is 11.8 Å². The zero-order chi connectivity index (χ0) is 21.2. The van der Waals surface area contributed by atoms with Gasteiger partial charge in [-0.1, -0.05) is 59.7 Å². The third-order valence-electron chi connectivity index (χ3n) is 6.49. The van der Waals surface area contributed by atoms with Crippen molar-refractivity contribution in [3.8, 4) is 0 Å². The first kappa shape index (κ1) is 18.8. The Hall–Kier alpha value is -3.18. The number of carbonyl (C=O) groups excluding carboxylic acids is 2. The Morgan fingerprint density at radius 3 is 2.13 bits per heavy atom. The normalized spacial score (nSPS) is 28.3. The molecule has 1 N–H and O–H groups in total. The molecule has 1 saturated carbocycles. The SMILES string of the molecule is CC(=C1[C@H]2C=C[C@H]1[C@H]1C(=O)N(c3ccc(Cl)c(C(=O)O)c3)C(=O)[C@H]12)c1ccccc1. The van der Waals surface area contributed by atoms with E-state index >= 15 is 0 Å². The van der Waals surface area contributed by atoms with Crippen LogP contribution in [0, 0.1) is 23.7 Å². The summed E-state index contributed by atoms with van der Waals surface area (Å²) in [5.41, 5.74) is 3.46. The number of carbonyl (C=O) groups is 3. The molecule has 150 valence electrons. The maximum absolute atomic E-state index is 13.3. The third-order valence-corrected chi connectivity index (χ3v) is 6.82. The molecule has 0 unspecified atom stereocenters. The number of anilines is 1. The van der Waals surface area contributed by atoms with Crippen LogP contribution >= 0.6 is 11.6 Å². The summed E-state index contributed by atoms with van der Waals surface area (Å²) in [5.74, 6) is -2.90. The maximum atomic E-state index is 13.3. The van der Waals surface area contributed by atoms with E-state index in [2.05, 4.69) is 0 Å². The quantitative estimate of drug-likeness (QED) is 0.589. The van der Waals surface area contributed by atoms with Gasteiger partial charge in [0.1, 0.15) is 0 Å². The molecule has 2 aromatic rings. The lowest BCUT2D eigenvalue weighted by Crippen LogP contribution is -2.33. The van der Waals surface area contributed by atoms with E-state index < -0.39 is 17.8 Å². The van der Waals surface area contributed by atoms with Crippen LogP contribution in [0.5, 0.6) is 0 Å². The number of imide groups is 1. The summed E-state index contributed by atoms with van der Waals surface area (Å²) in [6, 6.07) is 14.2. The van der Waals surface area contributed by atoms with Gasteiger partial charge >= 0.3 is 5.97 Å². The molecule has 2 aliphatic carbocycles. The number of nitrogens with zero attached hydrogens (tertiary/aromatic N) is 1. The smallest absolute Gasteiger partial charge is 0.337 e. The average Bonchev–Trinajstić information content (AvgIpc) is 3.38.